The Bertz CT molecular complexity index is 751. The lowest BCUT2D eigenvalue weighted by Gasteiger charge is -2.34. The number of aryl methyl sites for hydroxylation is 1. The number of carbonyl (C=O) groups is 1. The SMILES string of the molecule is CN1CCN(c2ccc(CCCNC(=O)c3c(F)cccc3F)cc2)CC1. The fraction of sp³-hybridized carbons (Fsp3) is 0.381. The van der Waals surface area contributed by atoms with E-state index in [1.165, 1.54) is 17.3 Å². The predicted octanol–water partition coefficient (Wildman–Crippen LogP) is 3.08. The van der Waals surface area contributed by atoms with Crippen LogP contribution in [0.1, 0.15) is 22.3 Å². The lowest BCUT2D eigenvalue weighted by Crippen LogP contribution is -2.44. The third-order valence-corrected chi connectivity index (χ3v) is 4.92. The molecule has 1 N–H and O–H groups in total. The van der Waals surface area contributed by atoms with Crippen LogP contribution in [0, 0.1) is 11.6 Å². The van der Waals surface area contributed by atoms with Crippen LogP contribution in [-0.4, -0.2) is 50.6 Å². The number of benzene rings is 2. The quantitative estimate of drug-likeness (QED) is 0.791. The second-order valence-corrected chi connectivity index (χ2v) is 6.91. The van der Waals surface area contributed by atoms with E-state index in [0.717, 1.165) is 44.7 Å². The van der Waals surface area contributed by atoms with Crippen molar-refractivity contribution >= 4 is 11.6 Å². The molecule has 1 aliphatic rings. The molecule has 0 unspecified atom stereocenters. The van der Waals surface area contributed by atoms with Crippen molar-refractivity contribution in [1.82, 2.24) is 10.2 Å². The van der Waals surface area contributed by atoms with Crippen molar-refractivity contribution in [3.63, 3.8) is 0 Å². The molecule has 0 atom stereocenters. The molecule has 27 heavy (non-hydrogen) atoms. The number of piperazine rings is 1. The molecule has 0 saturated carbocycles. The van der Waals surface area contributed by atoms with E-state index in [-0.39, 0.29) is 0 Å². The van der Waals surface area contributed by atoms with Gasteiger partial charge in [-0.2, -0.15) is 0 Å². The first-order valence-corrected chi connectivity index (χ1v) is 9.29. The van der Waals surface area contributed by atoms with Gasteiger partial charge in [0.05, 0.1) is 0 Å². The summed E-state index contributed by atoms with van der Waals surface area (Å²) in [5.74, 6) is -2.39. The molecule has 2 aromatic carbocycles. The first-order valence-electron chi connectivity index (χ1n) is 9.29. The maximum Gasteiger partial charge on any atom is 0.257 e. The van der Waals surface area contributed by atoms with Crippen LogP contribution in [0.4, 0.5) is 14.5 Å². The average Bonchev–Trinajstić information content (AvgIpc) is 2.66. The van der Waals surface area contributed by atoms with Crippen molar-refractivity contribution < 1.29 is 13.6 Å². The van der Waals surface area contributed by atoms with Crippen LogP contribution in [0.25, 0.3) is 0 Å². The Morgan fingerprint density at radius 3 is 2.26 bits per heavy atom. The van der Waals surface area contributed by atoms with Gasteiger partial charge >= 0.3 is 0 Å². The molecule has 1 heterocycles. The largest absolute Gasteiger partial charge is 0.369 e. The summed E-state index contributed by atoms with van der Waals surface area (Å²) in [4.78, 5) is 16.6. The number of nitrogens with zero attached hydrogens (tertiary/aromatic N) is 2. The summed E-state index contributed by atoms with van der Waals surface area (Å²) < 4.78 is 27.2. The number of rotatable bonds is 6. The standard InChI is InChI=1S/C21H25F2N3O/c1-25-12-14-26(15-13-25)17-9-7-16(8-10-17)4-3-11-24-21(27)20-18(22)5-2-6-19(20)23/h2,5-10H,3-4,11-15H2,1H3,(H,24,27). The molecule has 1 saturated heterocycles. The van der Waals surface area contributed by atoms with Gasteiger partial charge in [-0.15, -0.1) is 0 Å². The number of amides is 1. The predicted molar refractivity (Wildman–Crippen MR) is 103 cm³/mol. The third-order valence-electron chi connectivity index (χ3n) is 4.92. The lowest BCUT2D eigenvalue weighted by molar-refractivity contribution is 0.0945. The lowest BCUT2D eigenvalue weighted by atomic mass is 10.1. The zero-order valence-electron chi connectivity index (χ0n) is 15.5. The number of hydrogen-bond acceptors (Lipinski definition) is 3. The zero-order chi connectivity index (χ0) is 19.2. The maximum atomic E-state index is 13.6. The molecule has 2 aromatic rings. The topological polar surface area (TPSA) is 35.6 Å². The summed E-state index contributed by atoms with van der Waals surface area (Å²) in [5.41, 5.74) is 1.89. The Labute approximate surface area is 158 Å². The molecular weight excluding hydrogens is 348 g/mol. The molecule has 4 nitrogen and oxygen atoms in total. The normalized spacial score (nSPS) is 15.0. The van der Waals surface area contributed by atoms with Gasteiger partial charge in [-0.05, 0) is 49.7 Å². The van der Waals surface area contributed by atoms with Crippen molar-refractivity contribution in [1.29, 1.82) is 0 Å². The van der Waals surface area contributed by atoms with Gasteiger partial charge in [-0.1, -0.05) is 18.2 Å². The number of likely N-dealkylation sites (N-methyl/N-ethyl adjacent to an activating group) is 1. The van der Waals surface area contributed by atoms with E-state index in [0.29, 0.717) is 13.0 Å². The molecule has 1 aliphatic heterocycles. The summed E-state index contributed by atoms with van der Waals surface area (Å²) in [6.07, 6.45) is 1.50. The van der Waals surface area contributed by atoms with Crippen molar-refractivity contribution in [2.75, 3.05) is 44.7 Å². The number of anilines is 1. The second-order valence-electron chi connectivity index (χ2n) is 6.91. The Morgan fingerprint density at radius 2 is 1.63 bits per heavy atom. The van der Waals surface area contributed by atoms with Gasteiger partial charge in [-0.25, -0.2) is 8.78 Å². The van der Waals surface area contributed by atoms with E-state index in [9.17, 15) is 13.6 Å². The zero-order valence-corrected chi connectivity index (χ0v) is 15.5. The van der Waals surface area contributed by atoms with Crippen LogP contribution in [0.3, 0.4) is 0 Å². The Balaban J connectivity index is 1.45. The minimum absolute atomic E-state index is 0.368. The number of nitrogens with one attached hydrogen (secondary N) is 1. The Kier molecular flexibility index (Phi) is 6.40. The molecular formula is C21H25F2N3O. The van der Waals surface area contributed by atoms with Gasteiger partial charge in [0.25, 0.3) is 5.91 Å². The highest BCUT2D eigenvalue weighted by atomic mass is 19.1. The van der Waals surface area contributed by atoms with Crippen LogP contribution in [-0.2, 0) is 6.42 Å². The van der Waals surface area contributed by atoms with E-state index < -0.39 is 23.1 Å². The fourth-order valence-electron chi connectivity index (χ4n) is 3.24. The first kappa shape index (κ1) is 19.3. The van der Waals surface area contributed by atoms with Crippen molar-refractivity contribution in [2.45, 2.75) is 12.8 Å². The van der Waals surface area contributed by atoms with Gasteiger partial charge in [0, 0.05) is 38.4 Å². The molecule has 0 spiro atoms. The number of carbonyl (C=O) groups excluding carboxylic acids is 1. The molecule has 3 rings (SSSR count). The van der Waals surface area contributed by atoms with E-state index in [1.807, 2.05) is 0 Å². The minimum Gasteiger partial charge on any atom is -0.369 e. The minimum atomic E-state index is -0.841. The van der Waals surface area contributed by atoms with Crippen LogP contribution in [0.15, 0.2) is 42.5 Å². The molecule has 6 heteroatoms. The summed E-state index contributed by atoms with van der Waals surface area (Å²) in [6, 6.07) is 11.9. The van der Waals surface area contributed by atoms with E-state index in [1.54, 1.807) is 0 Å². The first-order chi connectivity index (χ1) is 13.0. The summed E-state index contributed by atoms with van der Waals surface area (Å²) in [5, 5.41) is 2.59. The van der Waals surface area contributed by atoms with E-state index >= 15 is 0 Å². The average molecular weight is 373 g/mol. The van der Waals surface area contributed by atoms with Gasteiger partial charge in [0.2, 0.25) is 0 Å². The number of halogens is 2. The molecule has 0 aromatic heterocycles. The van der Waals surface area contributed by atoms with Gasteiger partial charge < -0.3 is 15.1 Å². The third kappa shape index (κ3) is 5.04. The van der Waals surface area contributed by atoms with Crippen molar-refractivity contribution in [3.05, 3.63) is 65.2 Å². The summed E-state index contributed by atoms with van der Waals surface area (Å²) >= 11 is 0. The summed E-state index contributed by atoms with van der Waals surface area (Å²) in [6.45, 7) is 4.59. The maximum absolute atomic E-state index is 13.6. The highest BCUT2D eigenvalue weighted by Gasteiger charge is 2.16. The highest BCUT2D eigenvalue weighted by molar-refractivity contribution is 5.94. The van der Waals surface area contributed by atoms with E-state index in [2.05, 4.69) is 46.4 Å². The smallest absolute Gasteiger partial charge is 0.257 e. The monoisotopic (exact) mass is 373 g/mol. The molecule has 0 bridgehead atoms. The van der Waals surface area contributed by atoms with Crippen molar-refractivity contribution in [3.8, 4) is 0 Å². The molecule has 144 valence electrons. The van der Waals surface area contributed by atoms with Crippen molar-refractivity contribution in [2.24, 2.45) is 0 Å². The van der Waals surface area contributed by atoms with Gasteiger partial charge in [-0.3, -0.25) is 4.79 Å². The van der Waals surface area contributed by atoms with Crippen LogP contribution >= 0.6 is 0 Å². The molecule has 1 fully saturated rings. The molecule has 0 aliphatic carbocycles. The van der Waals surface area contributed by atoms with E-state index in [4.69, 9.17) is 0 Å². The molecule has 1 amide bonds. The number of hydrogen-bond donors (Lipinski definition) is 1. The van der Waals surface area contributed by atoms with Crippen LogP contribution < -0.4 is 10.2 Å². The van der Waals surface area contributed by atoms with Crippen LogP contribution in [0.5, 0.6) is 0 Å². The van der Waals surface area contributed by atoms with Gasteiger partial charge in [0.15, 0.2) is 0 Å². The van der Waals surface area contributed by atoms with Gasteiger partial charge in [0.1, 0.15) is 17.2 Å². The second kappa shape index (κ2) is 8.95. The Hall–Kier alpha value is -2.47. The summed E-state index contributed by atoms with van der Waals surface area (Å²) in [7, 11) is 2.14. The molecule has 0 radical (unpaired) electrons. The highest BCUT2D eigenvalue weighted by Crippen LogP contribution is 2.18. The Morgan fingerprint density at radius 1 is 1.00 bits per heavy atom. The van der Waals surface area contributed by atoms with Crippen LogP contribution in [0.2, 0.25) is 0 Å². The fourth-order valence-corrected chi connectivity index (χ4v) is 3.24.